The van der Waals surface area contributed by atoms with Crippen molar-refractivity contribution in [2.24, 2.45) is 5.92 Å². The zero-order valence-electron chi connectivity index (χ0n) is 12.0. The highest BCUT2D eigenvalue weighted by atomic mass is 16.4. The van der Waals surface area contributed by atoms with Crippen LogP contribution in [0.5, 0.6) is 0 Å². The van der Waals surface area contributed by atoms with E-state index in [9.17, 15) is 9.90 Å². The summed E-state index contributed by atoms with van der Waals surface area (Å²) in [6.07, 6.45) is 1.15. The summed E-state index contributed by atoms with van der Waals surface area (Å²) in [5.74, 6) is -1.11. The van der Waals surface area contributed by atoms with Gasteiger partial charge in [-0.05, 0) is 48.9 Å². The Morgan fingerprint density at radius 3 is 2.20 bits per heavy atom. The molecule has 0 saturated carbocycles. The molecule has 0 aliphatic heterocycles. The topological polar surface area (TPSA) is 37.3 Å². The number of hydrogen-bond donors (Lipinski definition) is 1. The highest BCUT2D eigenvalue weighted by Crippen LogP contribution is 2.17. The molecule has 2 nitrogen and oxygen atoms in total. The first-order valence-corrected chi connectivity index (χ1v) is 6.89. The Bertz CT molecular complexity index is 588. The van der Waals surface area contributed by atoms with Crippen LogP contribution < -0.4 is 0 Å². The number of aliphatic carboxylic acids is 1. The molecule has 2 heteroatoms. The Labute approximate surface area is 120 Å². The highest BCUT2D eigenvalue weighted by Gasteiger charge is 2.18. The van der Waals surface area contributed by atoms with E-state index in [0.717, 1.165) is 11.1 Å². The van der Waals surface area contributed by atoms with Gasteiger partial charge in [-0.15, -0.1) is 0 Å². The van der Waals surface area contributed by atoms with Crippen molar-refractivity contribution in [1.29, 1.82) is 0 Å². The van der Waals surface area contributed by atoms with E-state index in [1.54, 1.807) is 0 Å². The van der Waals surface area contributed by atoms with E-state index in [0.29, 0.717) is 12.8 Å². The maximum atomic E-state index is 11.5. The van der Waals surface area contributed by atoms with Gasteiger partial charge in [0.2, 0.25) is 0 Å². The molecule has 20 heavy (non-hydrogen) atoms. The lowest BCUT2D eigenvalue weighted by Gasteiger charge is -2.13. The van der Waals surface area contributed by atoms with E-state index < -0.39 is 5.97 Å². The van der Waals surface area contributed by atoms with Crippen molar-refractivity contribution < 1.29 is 9.90 Å². The minimum Gasteiger partial charge on any atom is -0.481 e. The first-order valence-electron chi connectivity index (χ1n) is 6.89. The summed E-state index contributed by atoms with van der Waals surface area (Å²) in [5, 5.41) is 9.42. The van der Waals surface area contributed by atoms with Crippen molar-refractivity contribution in [3.63, 3.8) is 0 Å². The minimum absolute atomic E-state index is 0.375. The Morgan fingerprint density at radius 1 is 0.950 bits per heavy atom. The fraction of sp³-hybridized carbons (Fsp3) is 0.278. The van der Waals surface area contributed by atoms with Crippen LogP contribution in [0.3, 0.4) is 0 Å². The molecule has 0 aliphatic rings. The SMILES string of the molecule is Cc1ccc(CC(Cc2ccccc2)C(=O)O)cc1C. The zero-order valence-corrected chi connectivity index (χ0v) is 12.0. The van der Waals surface area contributed by atoms with Crippen molar-refractivity contribution in [3.8, 4) is 0 Å². The average molecular weight is 268 g/mol. The molecule has 0 aromatic heterocycles. The molecule has 2 rings (SSSR count). The Hall–Kier alpha value is -2.09. The minimum atomic E-state index is -0.730. The van der Waals surface area contributed by atoms with Crippen LogP contribution in [-0.2, 0) is 17.6 Å². The predicted molar refractivity (Wildman–Crippen MR) is 80.9 cm³/mol. The molecule has 0 saturated heterocycles. The zero-order chi connectivity index (χ0) is 14.5. The normalized spacial score (nSPS) is 12.1. The van der Waals surface area contributed by atoms with Gasteiger partial charge in [0.1, 0.15) is 0 Å². The first kappa shape index (κ1) is 14.3. The molecular weight excluding hydrogens is 248 g/mol. The number of carboxylic acid groups (broad SMARTS) is 1. The van der Waals surface area contributed by atoms with Crippen LogP contribution in [-0.4, -0.2) is 11.1 Å². The summed E-state index contributed by atoms with van der Waals surface area (Å²) in [5.41, 5.74) is 4.62. The van der Waals surface area contributed by atoms with Gasteiger partial charge >= 0.3 is 5.97 Å². The number of rotatable bonds is 5. The maximum absolute atomic E-state index is 11.5. The quantitative estimate of drug-likeness (QED) is 0.895. The number of benzene rings is 2. The number of aryl methyl sites for hydroxylation is 2. The highest BCUT2D eigenvalue weighted by molar-refractivity contribution is 5.71. The van der Waals surface area contributed by atoms with Crippen LogP contribution in [0.25, 0.3) is 0 Å². The Kier molecular flexibility index (Phi) is 4.57. The van der Waals surface area contributed by atoms with Crippen molar-refractivity contribution in [1.82, 2.24) is 0 Å². The van der Waals surface area contributed by atoms with Gasteiger partial charge in [0.05, 0.1) is 5.92 Å². The standard InChI is InChI=1S/C18H20O2/c1-13-8-9-16(10-14(13)2)12-17(18(19)20)11-15-6-4-3-5-7-15/h3-10,17H,11-12H2,1-2H3,(H,19,20). The predicted octanol–water partition coefficient (Wildman–Crippen LogP) is 3.79. The molecule has 2 aromatic carbocycles. The van der Waals surface area contributed by atoms with Crippen molar-refractivity contribution in [2.75, 3.05) is 0 Å². The lowest BCUT2D eigenvalue weighted by molar-refractivity contribution is -0.141. The maximum Gasteiger partial charge on any atom is 0.307 e. The number of carboxylic acids is 1. The van der Waals surface area contributed by atoms with E-state index in [1.165, 1.54) is 11.1 Å². The second-order valence-electron chi connectivity index (χ2n) is 5.35. The molecule has 0 radical (unpaired) electrons. The largest absolute Gasteiger partial charge is 0.481 e. The molecule has 2 aromatic rings. The summed E-state index contributed by atoms with van der Waals surface area (Å²) in [6, 6.07) is 16.0. The van der Waals surface area contributed by atoms with Crippen molar-refractivity contribution in [3.05, 3.63) is 70.8 Å². The third-order valence-corrected chi connectivity index (χ3v) is 3.73. The monoisotopic (exact) mass is 268 g/mol. The Balaban J connectivity index is 2.13. The van der Waals surface area contributed by atoms with E-state index >= 15 is 0 Å². The summed E-state index contributed by atoms with van der Waals surface area (Å²) in [7, 11) is 0. The van der Waals surface area contributed by atoms with Crippen molar-refractivity contribution >= 4 is 5.97 Å². The lowest BCUT2D eigenvalue weighted by Crippen LogP contribution is -2.19. The van der Waals surface area contributed by atoms with Crippen LogP contribution in [0.1, 0.15) is 22.3 Å². The van der Waals surface area contributed by atoms with Crippen LogP contribution >= 0.6 is 0 Å². The van der Waals surface area contributed by atoms with E-state index in [1.807, 2.05) is 36.4 Å². The first-order chi connectivity index (χ1) is 9.56. The third kappa shape index (κ3) is 3.70. The second-order valence-corrected chi connectivity index (χ2v) is 5.35. The van der Waals surface area contributed by atoms with E-state index in [2.05, 4.69) is 26.0 Å². The van der Waals surface area contributed by atoms with Crippen LogP contribution in [0.2, 0.25) is 0 Å². The van der Waals surface area contributed by atoms with Crippen molar-refractivity contribution in [2.45, 2.75) is 26.7 Å². The van der Waals surface area contributed by atoms with Gasteiger partial charge in [-0.3, -0.25) is 4.79 Å². The molecule has 0 spiro atoms. The fourth-order valence-electron chi connectivity index (χ4n) is 2.36. The summed E-state index contributed by atoms with van der Waals surface area (Å²) >= 11 is 0. The van der Waals surface area contributed by atoms with Gasteiger partial charge in [-0.2, -0.15) is 0 Å². The Morgan fingerprint density at radius 2 is 1.60 bits per heavy atom. The summed E-state index contributed by atoms with van der Waals surface area (Å²) in [4.78, 5) is 11.5. The van der Waals surface area contributed by atoms with E-state index in [-0.39, 0.29) is 5.92 Å². The van der Waals surface area contributed by atoms with Gasteiger partial charge in [0.25, 0.3) is 0 Å². The van der Waals surface area contributed by atoms with Crippen LogP contribution in [0, 0.1) is 19.8 Å². The second kappa shape index (κ2) is 6.38. The third-order valence-electron chi connectivity index (χ3n) is 3.73. The molecule has 1 unspecified atom stereocenters. The molecule has 0 aliphatic carbocycles. The fourth-order valence-corrected chi connectivity index (χ4v) is 2.36. The lowest BCUT2D eigenvalue weighted by atomic mass is 9.91. The van der Waals surface area contributed by atoms with Gasteiger partial charge < -0.3 is 5.11 Å². The molecule has 0 amide bonds. The van der Waals surface area contributed by atoms with E-state index in [4.69, 9.17) is 0 Å². The molecule has 0 bridgehead atoms. The van der Waals surface area contributed by atoms with Crippen LogP contribution in [0.4, 0.5) is 0 Å². The number of hydrogen-bond acceptors (Lipinski definition) is 1. The van der Waals surface area contributed by atoms with Gasteiger partial charge in [0, 0.05) is 0 Å². The molecule has 1 N–H and O–H groups in total. The average Bonchev–Trinajstić information content (AvgIpc) is 2.43. The van der Waals surface area contributed by atoms with Gasteiger partial charge in [-0.25, -0.2) is 0 Å². The van der Waals surface area contributed by atoms with Gasteiger partial charge in [0.15, 0.2) is 0 Å². The summed E-state index contributed by atoms with van der Waals surface area (Å²) in [6.45, 7) is 4.13. The van der Waals surface area contributed by atoms with Crippen LogP contribution in [0.15, 0.2) is 48.5 Å². The molecule has 0 fully saturated rings. The molecular formula is C18H20O2. The molecule has 1 atom stereocenters. The molecule has 0 heterocycles. The van der Waals surface area contributed by atoms with Gasteiger partial charge in [-0.1, -0.05) is 48.5 Å². The molecule has 104 valence electrons. The smallest absolute Gasteiger partial charge is 0.307 e. The summed E-state index contributed by atoms with van der Waals surface area (Å²) < 4.78 is 0. The number of carbonyl (C=O) groups is 1.